The zero-order valence-electron chi connectivity index (χ0n) is 18.7. The van der Waals surface area contributed by atoms with Crippen LogP contribution < -0.4 is 9.62 Å². The van der Waals surface area contributed by atoms with Crippen molar-refractivity contribution in [3.8, 4) is 0 Å². The molecule has 2 amide bonds. The number of benzene rings is 2. The molecule has 180 valence electrons. The fourth-order valence-corrected chi connectivity index (χ4v) is 4.58. The predicted molar refractivity (Wildman–Crippen MR) is 133 cm³/mol. The van der Waals surface area contributed by atoms with E-state index in [-0.39, 0.29) is 34.2 Å². The molecule has 0 aliphatic heterocycles. The maximum Gasteiger partial charge on any atom is 0.244 e. The first-order chi connectivity index (χ1) is 15.3. The third kappa shape index (κ3) is 7.24. The second kappa shape index (κ2) is 11.4. The molecule has 1 N–H and O–H groups in total. The summed E-state index contributed by atoms with van der Waals surface area (Å²) in [5, 5.41) is 3.34. The van der Waals surface area contributed by atoms with Gasteiger partial charge >= 0.3 is 0 Å². The number of carbonyl (C=O) groups is 2. The molecule has 0 saturated heterocycles. The van der Waals surface area contributed by atoms with Gasteiger partial charge in [0.05, 0.1) is 22.0 Å². The van der Waals surface area contributed by atoms with Crippen LogP contribution in [0.4, 0.5) is 5.69 Å². The monoisotopic (exact) mass is 533 g/mol. The van der Waals surface area contributed by atoms with Gasteiger partial charge in [0.25, 0.3) is 0 Å². The summed E-state index contributed by atoms with van der Waals surface area (Å²) >= 11 is 18.6. The molecule has 0 fully saturated rings. The van der Waals surface area contributed by atoms with Gasteiger partial charge in [-0.15, -0.1) is 0 Å². The van der Waals surface area contributed by atoms with Crippen LogP contribution in [0.25, 0.3) is 0 Å². The molecule has 2 rings (SSSR count). The zero-order valence-corrected chi connectivity index (χ0v) is 21.8. The minimum atomic E-state index is -3.92. The second-order valence-electron chi connectivity index (χ2n) is 7.79. The van der Waals surface area contributed by atoms with Gasteiger partial charge in [0.2, 0.25) is 21.8 Å². The Labute approximate surface area is 209 Å². The Morgan fingerprint density at radius 2 is 1.58 bits per heavy atom. The highest BCUT2D eigenvalue weighted by Gasteiger charge is 2.31. The SMILES string of the molecule is CC(C)NC(=O)[C@H](C)N(Cc1ccccc1Cl)C(=O)CN(c1cccc(Cl)c1Cl)S(C)(=O)=O. The van der Waals surface area contributed by atoms with Gasteiger partial charge in [-0.3, -0.25) is 13.9 Å². The average Bonchev–Trinajstić information content (AvgIpc) is 2.71. The zero-order chi connectivity index (χ0) is 24.9. The van der Waals surface area contributed by atoms with Crippen LogP contribution in [0.5, 0.6) is 0 Å². The van der Waals surface area contributed by atoms with Gasteiger partial charge in [0, 0.05) is 17.6 Å². The number of nitrogens with one attached hydrogen (secondary N) is 1. The molecule has 0 aliphatic rings. The van der Waals surface area contributed by atoms with Gasteiger partial charge in [-0.05, 0) is 44.5 Å². The Bertz CT molecular complexity index is 1130. The number of amides is 2. The van der Waals surface area contributed by atoms with Gasteiger partial charge in [0.15, 0.2) is 0 Å². The van der Waals surface area contributed by atoms with Crippen molar-refractivity contribution in [1.29, 1.82) is 0 Å². The summed E-state index contributed by atoms with van der Waals surface area (Å²) in [4.78, 5) is 27.4. The molecular formula is C22H26Cl3N3O4S. The van der Waals surface area contributed by atoms with E-state index in [2.05, 4.69) is 5.32 Å². The average molecular weight is 535 g/mol. The van der Waals surface area contributed by atoms with Crippen molar-refractivity contribution in [3.63, 3.8) is 0 Å². The first kappa shape index (κ1) is 27.2. The Morgan fingerprint density at radius 1 is 0.970 bits per heavy atom. The molecule has 0 heterocycles. The normalized spacial score (nSPS) is 12.4. The summed E-state index contributed by atoms with van der Waals surface area (Å²) in [5.41, 5.74) is 0.681. The van der Waals surface area contributed by atoms with E-state index in [1.807, 2.05) is 0 Å². The molecule has 0 saturated carbocycles. The van der Waals surface area contributed by atoms with Crippen LogP contribution >= 0.6 is 34.8 Å². The first-order valence-electron chi connectivity index (χ1n) is 10.1. The van der Waals surface area contributed by atoms with Crippen LogP contribution in [0.15, 0.2) is 42.5 Å². The highest BCUT2D eigenvalue weighted by molar-refractivity contribution is 7.92. The molecular weight excluding hydrogens is 509 g/mol. The lowest BCUT2D eigenvalue weighted by molar-refractivity contribution is -0.139. The van der Waals surface area contributed by atoms with Crippen molar-refractivity contribution in [2.45, 2.75) is 39.4 Å². The van der Waals surface area contributed by atoms with E-state index in [1.54, 1.807) is 45.0 Å². The molecule has 2 aromatic carbocycles. The van der Waals surface area contributed by atoms with Gasteiger partial charge in [0.1, 0.15) is 12.6 Å². The molecule has 11 heteroatoms. The molecule has 0 unspecified atom stereocenters. The summed E-state index contributed by atoms with van der Waals surface area (Å²) in [7, 11) is -3.92. The van der Waals surface area contributed by atoms with Gasteiger partial charge < -0.3 is 10.2 Å². The minimum Gasteiger partial charge on any atom is -0.352 e. The van der Waals surface area contributed by atoms with E-state index in [0.29, 0.717) is 10.6 Å². The molecule has 1 atom stereocenters. The fourth-order valence-electron chi connectivity index (χ4n) is 3.08. The van der Waals surface area contributed by atoms with E-state index in [1.165, 1.54) is 23.1 Å². The number of carbonyl (C=O) groups excluding carboxylic acids is 2. The first-order valence-corrected chi connectivity index (χ1v) is 13.1. The number of hydrogen-bond acceptors (Lipinski definition) is 4. The summed E-state index contributed by atoms with van der Waals surface area (Å²) in [5.74, 6) is -0.986. The molecule has 0 aliphatic carbocycles. The van der Waals surface area contributed by atoms with E-state index in [9.17, 15) is 18.0 Å². The molecule has 0 bridgehead atoms. The second-order valence-corrected chi connectivity index (χ2v) is 10.9. The highest BCUT2D eigenvalue weighted by Crippen LogP contribution is 2.33. The topological polar surface area (TPSA) is 86.8 Å². The van der Waals surface area contributed by atoms with E-state index >= 15 is 0 Å². The number of hydrogen-bond donors (Lipinski definition) is 1. The molecule has 2 aromatic rings. The molecule has 0 aromatic heterocycles. The predicted octanol–water partition coefficient (Wildman–Crippen LogP) is 4.35. The van der Waals surface area contributed by atoms with Crippen LogP contribution in [0.1, 0.15) is 26.3 Å². The minimum absolute atomic E-state index is 0.000597. The van der Waals surface area contributed by atoms with E-state index < -0.39 is 28.5 Å². The quantitative estimate of drug-likeness (QED) is 0.518. The van der Waals surface area contributed by atoms with Crippen LogP contribution in [-0.4, -0.2) is 50.0 Å². The number of rotatable bonds is 9. The van der Waals surface area contributed by atoms with Crippen molar-refractivity contribution in [1.82, 2.24) is 10.2 Å². The number of anilines is 1. The maximum absolute atomic E-state index is 13.4. The largest absolute Gasteiger partial charge is 0.352 e. The standard InChI is InChI=1S/C22H26Cl3N3O4S/c1-14(2)26-22(30)15(3)27(12-16-8-5-6-9-17(16)23)20(29)13-28(33(4,31)32)19-11-7-10-18(24)21(19)25/h5-11,14-15H,12-13H2,1-4H3,(H,26,30)/t15-/m0/s1. The van der Waals surface area contributed by atoms with Crippen molar-refractivity contribution in [2.75, 3.05) is 17.1 Å². The van der Waals surface area contributed by atoms with Crippen molar-refractivity contribution in [2.24, 2.45) is 0 Å². The molecule has 33 heavy (non-hydrogen) atoms. The van der Waals surface area contributed by atoms with Crippen molar-refractivity contribution in [3.05, 3.63) is 63.1 Å². The summed E-state index contributed by atoms with van der Waals surface area (Å²) in [6, 6.07) is 10.4. The summed E-state index contributed by atoms with van der Waals surface area (Å²) in [6.07, 6.45) is 0.963. The Kier molecular flexibility index (Phi) is 9.43. The van der Waals surface area contributed by atoms with Crippen LogP contribution in [0, 0.1) is 0 Å². The lowest BCUT2D eigenvalue weighted by atomic mass is 10.1. The van der Waals surface area contributed by atoms with Gasteiger partial charge in [-0.1, -0.05) is 59.1 Å². The number of sulfonamides is 1. The highest BCUT2D eigenvalue weighted by atomic mass is 35.5. The van der Waals surface area contributed by atoms with E-state index in [4.69, 9.17) is 34.8 Å². The van der Waals surface area contributed by atoms with Crippen LogP contribution in [-0.2, 0) is 26.2 Å². The van der Waals surface area contributed by atoms with Crippen LogP contribution in [0.2, 0.25) is 15.1 Å². The maximum atomic E-state index is 13.4. The number of nitrogens with zero attached hydrogens (tertiary/aromatic N) is 2. The Balaban J connectivity index is 2.45. The summed E-state index contributed by atoms with van der Waals surface area (Å²) in [6.45, 7) is 4.60. The molecule has 0 spiro atoms. The molecule has 0 radical (unpaired) electrons. The van der Waals surface area contributed by atoms with Crippen molar-refractivity contribution >= 4 is 62.3 Å². The Hall–Kier alpha value is -2.00. The van der Waals surface area contributed by atoms with Gasteiger partial charge in [-0.2, -0.15) is 0 Å². The van der Waals surface area contributed by atoms with E-state index in [0.717, 1.165) is 10.6 Å². The smallest absolute Gasteiger partial charge is 0.244 e. The fraction of sp³-hybridized carbons (Fsp3) is 0.364. The third-order valence-electron chi connectivity index (χ3n) is 4.78. The lowest BCUT2D eigenvalue weighted by Crippen LogP contribution is -2.52. The third-order valence-corrected chi connectivity index (χ3v) is 7.08. The van der Waals surface area contributed by atoms with Crippen molar-refractivity contribution < 1.29 is 18.0 Å². The Morgan fingerprint density at radius 3 is 2.15 bits per heavy atom. The van der Waals surface area contributed by atoms with Gasteiger partial charge in [-0.25, -0.2) is 8.42 Å². The number of halogens is 3. The molecule has 7 nitrogen and oxygen atoms in total. The lowest BCUT2D eigenvalue weighted by Gasteiger charge is -2.32. The van der Waals surface area contributed by atoms with Crippen LogP contribution in [0.3, 0.4) is 0 Å². The summed E-state index contributed by atoms with van der Waals surface area (Å²) < 4.78 is 26.0.